The number of hydrogen-bond donors (Lipinski definition) is 0. The van der Waals surface area contributed by atoms with Crippen LogP contribution in [0.5, 0.6) is 0 Å². The fourth-order valence-corrected chi connectivity index (χ4v) is 5.02. The molecule has 6 nitrogen and oxygen atoms in total. The molecule has 0 amide bonds. The van der Waals surface area contributed by atoms with Crippen molar-refractivity contribution in [3.63, 3.8) is 0 Å². The van der Waals surface area contributed by atoms with Crippen molar-refractivity contribution in [2.24, 2.45) is 5.92 Å². The van der Waals surface area contributed by atoms with E-state index in [0.717, 1.165) is 37.9 Å². The maximum absolute atomic E-state index is 13.4. The lowest BCUT2D eigenvalue weighted by molar-refractivity contribution is -0.152. The van der Waals surface area contributed by atoms with Crippen molar-refractivity contribution in [2.45, 2.75) is 56.2 Å². The van der Waals surface area contributed by atoms with Crippen molar-refractivity contribution in [3.05, 3.63) is 35.6 Å². The van der Waals surface area contributed by atoms with Gasteiger partial charge < -0.3 is 14.2 Å². The SMILES string of the molecule is COC(=O)[C@H]1C2CCC(C[C@H]1c1ccc(F)cc1)N2CCOC(=O)CCC1CO1. The van der Waals surface area contributed by atoms with Crippen LogP contribution in [0.2, 0.25) is 0 Å². The van der Waals surface area contributed by atoms with E-state index in [2.05, 4.69) is 4.90 Å². The number of benzene rings is 1. The van der Waals surface area contributed by atoms with Gasteiger partial charge in [-0.15, -0.1) is 0 Å². The van der Waals surface area contributed by atoms with Gasteiger partial charge in [-0.1, -0.05) is 12.1 Å². The minimum Gasteiger partial charge on any atom is -0.469 e. The summed E-state index contributed by atoms with van der Waals surface area (Å²) in [4.78, 5) is 26.9. The molecule has 3 aliphatic heterocycles. The average Bonchev–Trinajstić information content (AvgIpc) is 3.51. The van der Waals surface area contributed by atoms with E-state index in [1.807, 2.05) is 0 Å². The first-order valence-electron chi connectivity index (χ1n) is 10.4. The van der Waals surface area contributed by atoms with E-state index in [1.54, 1.807) is 12.1 Å². The Morgan fingerprint density at radius 1 is 1.24 bits per heavy atom. The van der Waals surface area contributed by atoms with E-state index in [1.165, 1.54) is 19.2 Å². The van der Waals surface area contributed by atoms with Crippen molar-refractivity contribution in [2.75, 3.05) is 26.9 Å². The average molecular weight is 405 g/mol. The molecule has 7 heteroatoms. The lowest BCUT2D eigenvalue weighted by Crippen LogP contribution is -2.51. The molecule has 0 aliphatic carbocycles. The summed E-state index contributed by atoms with van der Waals surface area (Å²) in [5.74, 6) is -0.988. The monoisotopic (exact) mass is 405 g/mol. The maximum Gasteiger partial charge on any atom is 0.310 e. The fraction of sp³-hybridized carbons (Fsp3) is 0.636. The minimum atomic E-state index is -0.299. The third kappa shape index (κ3) is 4.61. The molecule has 3 aliphatic rings. The number of halogens is 1. The van der Waals surface area contributed by atoms with Gasteiger partial charge in [0.25, 0.3) is 0 Å². The fourth-order valence-electron chi connectivity index (χ4n) is 5.02. The quantitative estimate of drug-likeness (QED) is 0.489. The number of hydrogen-bond acceptors (Lipinski definition) is 6. The Bertz CT molecular complexity index is 735. The van der Waals surface area contributed by atoms with Crippen LogP contribution >= 0.6 is 0 Å². The van der Waals surface area contributed by atoms with Crippen LogP contribution in [0.3, 0.4) is 0 Å². The van der Waals surface area contributed by atoms with Crippen LogP contribution < -0.4 is 0 Å². The van der Waals surface area contributed by atoms with Crippen molar-refractivity contribution < 1.29 is 28.2 Å². The van der Waals surface area contributed by atoms with Crippen molar-refractivity contribution in [3.8, 4) is 0 Å². The lowest BCUT2D eigenvalue weighted by Gasteiger charge is -2.43. The summed E-state index contributed by atoms with van der Waals surface area (Å²) in [6, 6.07) is 6.82. The van der Waals surface area contributed by atoms with Gasteiger partial charge in [0.2, 0.25) is 0 Å². The number of piperidine rings is 1. The summed E-state index contributed by atoms with van der Waals surface area (Å²) in [7, 11) is 1.42. The van der Waals surface area contributed by atoms with Crippen molar-refractivity contribution in [1.82, 2.24) is 4.90 Å². The van der Waals surface area contributed by atoms with E-state index in [9.17, 15) is 14.0 Å². The van der Waals surface area contributed by atoms with Gasteiger partial charge in [0.05, 0.1) is 25.7 Å². The number of epoxide rings is 1. The predicted molar refractivity (Wildman–Crippen MR) is 103 cm³/mol. The number of methoxy groups -OCH3 is 1. The molecule has 0 aromatic heterocycles. The molecule has 0 radical (unpaired) electrons. The first-order valence-corrected chi connectivity index (χ1v) is 10.4. The highest BCUT2D eigenvalue weighted by Crippen LogP contribution is 2.47. The van der Waals surface area contributed by atoms with Crippen molar-refractivity contribution in [1.29, 1.82) is 0 Å². The van der Waals surface area contributed by atoms with Crippen LogP contribution in [0.1, 0.15) is 43.6 Å². The summed E-state index contributed by atoms with van der Waals surface area (Å²) in [6.45, 7) is 1.69. The summed E-state index contributed by atoms with van der Waals surface area (Å²) in [6.07, 6.45) is 4.06. The van der Waals surface area contributed by atoms with E-state index < -0.39 is 0 Å². The molecule has 0 spiro atoms. The molecule has 0 saturated carbocycles. The molecule has 1 aromatic carbocycles. The highest BCUT2D eigenvalue weighted by Gasteiger charge is 2.50. The second-order valence-corrected chi connectivity index (χ2v) is 8.19. The Kier molecular flexibility index (Phi) is 6.15. The number of nitrogens with zero attached hydrogens (tertiary/aromatic N) is 1. The highest BCUT2D eigenvalue weighted by atomic mass is 19.1. The molecular weight excluding hydrogens is 377 g/mol. The second-order valence-electron chi connectivity index (χ2n) is 8.19. The van der Waals surface area contributed by atoms with Gasteiger partial charge >= 0.3 is 11.9 Å². The van der Waals surface area contributed by atoms with Gasteiger partial charge in [-0.05, 0) is 43.4 Å². The normalized spacial score (nSPS) is 30.8. The number of carbonyl (C=O) groups is 2. The molecule has 3 unspecified atom stereocenters. The standard InChI is InChI=1S/C22H28FNO5/c1-27-22(26)21-18(14-2-4-15(23)5-3-14)12-16-6-8-19(21)24(16)10-11-28-20(25)9-7-17-13-29-17/h2-5,16-19,21H,6-13H2,1H3/t16?,17?,18-,19?,21+/m0/s1. The van der Waals surface area contributed by atoms with Crippen LogP contribution in [0.4, 0.5) is 4.39 Å². The number of fused-ring (bicyclic) bond motifs is 2. The van der Waals surface area contributed by atoms with Crippen LogP contribution in [0.15, 0.2) is 24.3 Å². The Labute approximate surface area is 170 Å². The minimum absolute atomic E-state index is 0.0119. The molecule has 0 N–H and O–H groups in total. The molecule has 5 atom stereocenters. The summed E-state index contributed by atoms with van der Waals surface area (Å²) < 4.78 is 29.0. The van der Waals surface area contributed by atoms with Crippen LogP contribution in [-0.2, 0) is 23.8 Å². The smallest absolute Gasteiger partial charge is 0.310 e. The van der Waals surface area contributed by atoms with E-state index in [-0.39, 0.29) is 41.7 Å². The van der Waals surface area contributed by atoms with Gasteiger partial charge in [0.1, 0.15) is 12.4 Å². The molecular formula is C22H28FNO5. The van der Waals surface area contributed by atoms with Crippen LogP contribution in [-0.4, -0.2) is 61.9 Å². The molecule has 3 fully saturated rings. The van der Waals surface area contributed by atoms with Gasteiger partial charge in [-0.25, -0.2) is 4.39 Å². The molecule has 4 rings (SSSR count). The maximum atomic E-state index is 13.4. The molecule has 1 aromatic rings. The zero-order valence-corrected chi connectivity index (χ0v) is 16.7. The Balaban J connectivity index is 1.39. The summed E-state index contributed by atoms with van der Waals surface area (Å²) >= 11 is 0. The van der Waals surface area contributed by atoms with Crippen molar-refractivity contribution >= 4 is 11.9 Å². The molecule has 2 bridgehead atoms. The second kappa shape index (κ2) is 8.79. The third-order valence-electron chi connectivity index (χ3n) is 6.52. The number of rotatable bonds is 8. The van der Waals surface area contributed by atoms with Gasteiger partial charge in [-0.2, -0.15) is 0 Å². The molecule has 29 heavy (non-hydrogen) atoms. The topological polar surface area (TPSA) is 68.4 Å². The number of carbonyl (C=O) groups excluding carboxylic acids is 2. The highest BCUT2D eigenvalue weighted by molar-refractivity contribution is 5.75. The molecule has 3 heterocycles. The van der Waals surface area contributed by atoms with E-state index in [0.29, 0.717) is 25.6 Å². The van der Waals surface area contributed by atoms with Crippen LogP contribution in [0, 0.1) is 11.7 Å². The van der Waals surface area contributed by atoms with Crippen LogP contribution in [0.25, 0.3) is 0 Å². The first kappa shape index (κ1) is 20.3. The Morgan fingerprint density at radius 2 is 2.00 bits per heavy atom. The summed E-state index contributed by atoms with van der Waals surface area (Å²) in [5.41, 5.74) is 0.979. The van der Waals surface area contributed by atoms with Gasteiger partial charge in [-0.3, -0.25) is 14.5 Å². The van der Waals surface area contributed by atoms with Gasteiger partial charge in [0, 0.05) is 31.0 Å². The Morgan fingerprint density at radius 3 is 2.69 bits per heavy atom. The molecule has 3 saturated heterocycles. The third-order valence-corrected chi connectivity index (χ3v) is 6.52. The lowest BCUT2D eigenvalue weighted by atomic mass is 9.76. The Hall–Kier alpha value is -1.99. The van der Waals surface area contributed by atoms with E-state index in [4.69, 9.17) is 14.2 Å². The van der Waals surface area contributed by atoms with Gasteiger partial charge in [0.15, 0.2) is 0 Å². The number of ether oxygens (including phenoxy) is 3. The zero-order chi connectivity index (χ0) is 20.4. The number of esters is 2. The summed E-state index contributed by atoms with van der Waals surface area (Å²) in [5, 5.41) is 0. The van der Waals surface area contributed by atoms with E-state index >= 15 is 0 Å². The largest absolute Gasteiger partial charge is 0.469 e. The predicted octanol–water partition coefficient (Wildman–Crippen LogP) is 2.66. The first-order chi connectivity index (χ1) is 14.1. The zero-order valence-electron chi connectivity index (χ0n) is 16.7. The molecule has 158 valence electrons.